The largest absolute Gasteiger partial charge is 0.493 e. The average Bonchev–Trinajstić information content (AvgIpc) is 2.43. The van der Waals surface area contributed by atoms with E-state index in [-0.39, 0.29) is 6.61 Å². The fourth-order valence-electron chi connectivity index (χ4n) is 1.51. The van der Waals surface area contributed by atoms with Crippen molar-refractivity contribution in [3.8, 4) is 17.2 Å². The summed E-state index contributed by atoms with van der Waals surface area (Å²) < 4.78 is 16.1. The van der Waals surface area contributed by atoms with Gasteiger partial charge in [-0.05, 0) is 31.5 Å². The van der Waals surface area contributed by atoms with E-state index < -0.39 is 11.4 Å². The molecule has 112 valence electrons. The van der Waals surface area contributed by atoms with Crippen LogP contribution in [-0.2, 0) is 11.3 Å². The average molecular weight is 283 g/mol. The molecular weight excluding hydrogens is 262 g/mol. The van der Waals surface area contributed by atoms with Crippen LogP contribution in [-0.4, -0.2) is 31.9 Å². The highest BCUT2D eigenvalue weighted by Crippen LogP contribution is 2.39. The van der Waals surface area contributed by atoms with E-state index in [0.29, 0.717) is 23.8 Å². The molecule has 0 aliphatic heterocycles. The van der Waals surface area contributed by atoms with Gasteiger partial charge >= 0.3 is 5.97 Å². The summed E-state index contributed by atoms with van der Waals surface area (Å²) in [6, 6.07) is 3.48. The Balaban J connectivity index is 3.07. The van der Waals surface area contributed by atoms with E-state index in [2.05, 4.69) is 0 Å². The quantitative estimate of drug-likeness (QED) is 0.790. The minimum absolute atomic E-state index is 0.00295. The molecule has 0 unspecified atom stereocenters. The molecule has 0 bridgehead atoms. The number of nitrogens with two attached hydrogens (primary N) is 1. The Bertz CT molecular complexity index is 459. The molecule has 1 aromatic rings. The molecule has 6 nitrogen and oxygen atoms in total. The van der Waals surface area contributed by atoms with Gasteiger partial charge in [0, 0.05) is 6.54 Å². The van der Waals surface area contributed by atoms with Crippen molar-refractivity contribution in [3.63, 3.8) is 0 Å². The van der Waals surface area contributed by atoms with Crippen molar-refractivity contribution in [2.75, 3.05) is 20.8 Å². The standard InChI is InChI=1S/C14H21NO5/c1-14(2,13(16)17)8-20-12-10(18-3)5-9(7-15)6-11(12)19-4/h5-6H,7-8,15H2,1-4H3,(H,16,17). The van der Waals surface area contributed by atoms with Gasteiger partial charge in [-0.2, -0.15) is 0 Å². The Labute approximate surface area is 118 Å². The molecule has 0 saturated carbocycles. The summed E-state index contributed by atoms with van der Waals surface area (Å²) in [5, 5.41) is 9.10. The van der Waals surface area contributed by atoms with Gasteiger partial charge in [0.15, 0.2) is 11.5 Å². The Morgan fingerprint density at radius 2 is 1.75 bits per heavy atom. The topological polar surface area (TPSA) is 91.0 Å². The van der Waals surface area contributed by atoms with Crippen LogP contribution >= 0.6 is 0 Å². The van der Waals surface area contributed by atoms with Crippen LogP contribution in [0.4, 0.5) is 0 Å². The predicted molar refractivity (Wildman–Crippen MR) is 74.3 cm³/mol. The summed E-state index contributed by atoms with van der Waals surface area (Å²) in [7, 11) is 3.01. The van der Waals surface area contributed by atoms with Crippen molar-refractivity contribution in [3.05, 3.63) is 17.7 Å². The van der Waals surface area contributed by atoms with Gasteiger partial charge in [0.25, 0.3) is 0 Å². The lowest BCUT2D eigenvalue weighted by Crippen LogP contribution is -2.30. The molecule has 0 heterocycles. The number of methoxy groups -OCH3 is 2. The second-order valence-electron chi connectivity index (χ2n) is 5.01. The lowest BCUT2D eigenvalue weighted by Gasteiger charge is -2.22. The normalized spacial score (nSPS) is 11.1. The second kappa shape index (κ2) is 6.47. The maximum atomic E-state index is 11.1. The zero-order chi connectivity index (χ0) is 15.3. The van der Waals surface area contributed by atoms with E-state index in [1.807, 2.05) is 0 Å². The van der Waals surface area contributed by atoms with Crippen LogP contribution in [0.3, 0.4) is 0 Å². The van der Waals surface area contributed by atoms with E-state index in [1.165, 1.54) is 14.2 Å². The third-order valence-corrected chi connectivity index (χ3v) is 2.91. The number of hydrogen-bond acceptors (Lipinski definition) is 5. The molecular formula is C14H21NO5. The Morgan fingerprint density at radius 1 is 1.25 bits per heavy atom. The fourth-order valence-corrected chi connectivity index (χ4v) is 1.51. The first kappa shape index (κ1) is 16.1. The van der Waals surface area contributed by atoms with Gasteiger partial charge in [-0.3, -0.25) is 4.79 Å². The predicted octanol–water partition coefficient (Wildman–Crippen LogP) is 1.65. The number of carboxylic acids is 1. The first-order chi connectivity index (χ1) is 9.35. The van der Waals surface area contributed by atoms with Gasteiger partial charge in [0.1, 0.15) is 6.61 Å². The van der Waals surface area contributed by atoms with Crippen molar-refractivity contribution >= 4 is 5.97 Å². The summed E-state index contributed by atoms with van der Waals surface area (Å²) in [5.41, 5.74) is 5.43. The maximum absolute atomic E-state index is 11.1. The lowest BCUT2D eigenvalue weighted by atomic mass is 9.95. The van der Waals surface area contributed by atoms with Crippen LogP contribution in [0.5, 0.6) is 17.2 Å². The van der Waals surface area contributed by atoms with Gasteiger partial charge in [0.05, 0.1) is 19.6 Å². The van der Waals surface area contributed by atoms with Gasteiger partial charge < -0.3 is 25.1 Å². The Hall–Kier alpha value is -1.95. The first-order valence-corrected chi connectivity index (χ1v) is 6.17. The SMILES string of the molecule is COc1cc(CN)cc(OC)c1OCC(C)(C)C(=O)O. The van der Waals surface area contributed by atoms with Gasteiger partial charge in [-0.15, -0.1) is 0 Å². The molecule has 0 aliphatic rings. The third-order valence-electron chi connectivity index (χ3n) is 2.91. The van der Waals surface area contributed by atoms with Crippen molar-refractivity contribution in [2.24, 2.45) is 11.1 Å². The van der Waals surface area contributed by atoms with Crippen LogP contribution in [0.25, 0.3) is 0 Å². The van der Waals surface area contributed by atoms with Crippen LogP contribution in [0.2, 0.25) is 0 Å². The van der Waals surface area contributed by atoms with Gasteiger partial charge in [-0.25, -0.2) is 0 Å². The molecule has 0 spiro atoms. The second-order valence-corrected chi connectivity index (χ2v) is 5.01. The number of rotatable bonds is 7. The number of aliphatic carboxylic acids is 1. The molecule has 1 aromatic carbocycles. The molecule has 0 aliphatic carbocycles. The van der Waals surface area contributed by atoms with E-state index >= 15 is 0 Å². The number of hydrogen-bond donors (Lipinski definition) is 2. The minimum Gasteiger partial charge on any atom is -0.493 e. The van der Waals surface area contributed by atoms with E-state index in [0.717, 1.165) is 5.56 Å². The summed E-state index contributed by atoms with van der Waals surface area (Å²) in [6.07, 6.45) is 0. The monoisotopic (exact) mass is 283 g/mol. The molecule has 0 saturated heterocycles. The highest BCUT2D eigenvalue weighted by atomic mass is 16.5. The zero-order valence-corrected chi connectivity index (χ0v) is 12.2. The van der Waals surface area contributed by atoms with Gasteiger partial charge in [-0.1, -0.05) is 0 Å². The lowest BCUT2D eigenvalue weighted by molar-refractivity contribution is -0.148. The number of carboxylic acid groups (broad SMARTS) is 1. The fraction of sp³-hybridized carbons (Fsp3) is 0.500. The van der Waals surface area contributed by atoms with Crippen LogP contribution in [0.15, 0.2) is 12.1 Å². The minimum atomic E-state index is -1.01. The highest BCUT2D eigenvalue weighted by molar-refractivity contribution is 5.73. The third kappa shape index (κ3) is 3.54. The van der Waals surface area contributed by atoms with Crippen LogP contribution in [0, 0.1) is 5.41 Å². The number of ether oxygens (including phenoxy) is 3. The van der Waals surface area contributed by atoms with E-state index in [4.69, 9.17) is 25.1 Å². The van der Waals surface area contributed by atoms with Gasteiger partial charge in [0.2, 0.25) is 5.75 Å². The molecule has 1 rings (SSSR count). The molecule has 0 amide bonds. The number of carbonyl (C=O) groups is 1. The van der Waals surface area contributed by atoms with E-state index in [1.54, 1.807) is 26.0 Å². The molecule has 6 heteroatoms. The molecule has 0 radical (unpaired) electrons. The van der Waals surface area contributed by atoms with E-state index in [9.17, 15) is 4.79 Å². The molecule has 0 aromatic heterocycles. The van der Waals surface area contributed by atoms with Crippen molar-refractivity contribution in [1.82, 2.24) is 0 Å². The maximum Gasteiger partial charge on any atom is 0.312 e. The van der Waals surface area contributed by atoms with Crippen molar-refractivity contribution < 1.29 is 24.1 Å². The zero-order valence-electron chi connectivity index (χ0n) is 12.2. The van der Waals surface area contributed by atoms with Crippen LogP contribution in [0.1, 0.15) is 19.4 Å². The molecule has 3 N–H and O–H groups in total. The summed E-state index contributed by atoms with van der Waals surface area (Å²) in [4.78, 5) is 11.1. The molecule has 20 heavy (non-hydrogen) atoms. The Morgan fingerprint density at radius 3 is 2.10 bits per heavy atom. The van der Waals surface area contributed by atoms with Crippen molar-refractivity contribution in [2.45, 2.75) is 20.4 Å². The summed E-state index contributed by atoms with van der Waals surface area (Å²) in [5.74, 6) is 0.368. The summed E-state index contributed by atoms with van der Waals surface area (Å²) in [6.45, 7) is 3.51. The molecule has 0 fully saturated rings. The first-order valence-electron chi connectivity index (χ1n) is 6.17. The highest BCUT2D eigenvalue weighted by Gasteiger charge is 2.29. The smallest absolute Gasteiger partial charge is 0.312 e. The Kier molecular flexibility index (Phi) is 5.21. The van der Waals surface area contributed by atoms with Crippen LogP contribution < -0.4 is 19.9 Å². The molecule has 0 atom stereocenters. The number of benzene rings is 1. The van der Waals surface area contributed by atoms with Crippen molar-refractivity contribution in [1.29, 1.82) is 0 Å². The summed E-state index contributed by atoms with van der Waals surface area (Å²) >= 11 is 0.